The smallest absolute Gasteiger partial charge is 0.228 e. The monoisotopic (exact) mass is 215 g/mol. The van der Waals surface area contributed by atoms with Gasteiger partial charge >= 0.3 is 0 Å². The second kappa shape index (κ2) is 5.01. The summed E-state index contributed by atoms with van der Waals surface area (Å²) in [6.45, 7) is 2.13. The molecule has 0 saturated carbocycles. The van der Waals surface area contributed by atoms with E-state index in [9.17, 15) is 8.42 Å². The fraction of sp³-hybridized carbons (Fsp3) is 1.00. The van der Waals surface area contributed by atoms with E-state index >= 15 is 0 Å². The first-order chi connectivity index (χ1) is 5.45. The Labute approximate surface area is 78.5 Å². The van der Waals surface area contributed by atoms with Gasteiger partial charge in [0.2, 0.25) is 10.0 Å². The fourth-order valence-electron chi connectivity index (χ4n) is 0.697. The molecule has 4 nitrogen and oxygen atoms in total. The lowest BCUT2D eigenvalue weighted by atomic mass is 10.4. The quantitative estimate of drug-likeness (QED) is 0.627. The summed E-state index contributed by atoms with van der Waals surface area (Å²) in [7, 11) is -0.288. The molecule has 0 aromatic heterocycles. The van der Waals surface area contributed by atoms with Crippen LogP contribution in [0.3, 0.4) is 0 Å². The molecule has 0 aliphatic rings. The number of methoxy groups -OCH3 is 1. The largest absolute Gasteiger partial charge is 0.383 e. The normalized spacial score (nSPS) is 15.1. The lowest BCUT2D eigenvalue weighted by Gasteiger charge is -2.22. The van der Waals surface area contributed by atoms with E-state index in [1.807, 2.05) is 0 Å². The van der Waals surface area contributed by atoms with Crippen molar-refractivity contribution in [1.29, 1.82) is 0 Å². The van der Waals surface area contributed by atoms with E-state index in [-0.39, 0.29) is 6.04 Å². The minimum absolute atomic E-state index is 0.182. The van der Waals surface area contributed by atoms with Crippen LogP contribution in [0.25, 0.3) is 0 Å². The number of ether oxygens (including phenoxy) is 1. The van der Waals surface area contributed by atoms with Crippen molar-refractivity contribution in [3.63, 3.8) is 0 Å². The van der Waals surface area contributed by atoms with Gasteiger partial charge in [-0.2, -0.15) is 4.31 Å². The van der Waals surface area contributed by atoms with Crippen molar-refractivity contribution in [3.05, 3.63) is 0 Å². The molecule has 0 rings (SSSR count). The summed E-state index contributed by atoms with van der Waals surface area (Å²) < 4.78 is 28.3. The standard InChI is InChI=1S/C6H14ClNO3S/c1-6(4-11-3)8(2)12(9,10)5-7/h6H,4-5H2,1-3H3. The minimum atomic E-state index is -3.30. The van der Waals surface area contributed by atoms with Gasteiger partial charge in [0, 0.05) is 20.2 Å². The Morgan fingerprint density at radius 3 is 2.42 bits per heavy atom. The second-order valence-electron chi connectivity index (χ2n) is 2.54. The highest BCUT2D eigenvalue weighted by atomic mass is 35.5. The van der Waals surface area contributed by atoms with E-state index in [1.165, 1.54) is 18.5 Å². The minimum Gasteiger partial charge on any atom is -0.383 e. The maximum atomic E-state index is 11.2. The van der Waals surface area contributed by atoms with Crippen LogP contribution in [0, 0.1) is 0 Å². The summed E-state index contributed by atoms with van der Waals surface area (Å²) in [6.07, 6.45) is 0. The Hall–Kier alpha value is 0.160. The molecule has 0 fully saturated rings. The molecule has 0 N–H and O–H groups in total. The third-order valence-electron chi connectivity index (χ3n) is 1.61. The molecule has 6 heteroatoms. The highest BCUT2D eigenvalue weighted by Gasteiger charge is 2.21. The van der Waals surface area contributed by atoms with Crippen molar-refractivity contribution in [3.8, 4) is 0 Å². The van der Waals surface area contributed by atoms with Crippen LogP contribution in [0.2, 0.25) is 0 Å². The fourth-order valence-corrected chi connectivity index (χ4v) is 1.92. The van der Waals surface area contributed by atoms with Gasteiger partial charge in [0.15, 0.2) is 0 Å². The van der Waals surface area contributed by atoms with Crippen molar-refractivity contribution in [2.75, 3.05) is 26.0 Å². The van der Waals surface area contributed by atoms with Gasteiger partial charge in [0.05, 0.1) is 6.61 Å². The Balaban J connectivity index is 4.28. The number of likely N-dealkylation sites (N-methyl/N-ethyl adjacent to an activating group) is 1. The molecule has 0 saturated heterocycles. The lowest BCUT2D eigenvalue weighted by molar-refractivity contribution is 0.149. The number of hydrogen-bond acceptors (Lipinski definition) is 3. The van der Waals surface area contributed by atoms with Crippen LogP contribution in [-0.4, -0.2) is 44.7 Å². The topological polar surface area (TPSA) is 46.6 Å². The number of rotatable bonds is 5. The summed E-state index contributed by atoms with van der Waals surface area (Å²) in [5.74, 6) is 0. The maximum Gasteiger partial charge on any atom is 0.228 e. The SMILES string of the molecule is COCC(C)N(C)S(=O)(=O)CCl. The number of sulfonamides is 1. The summed E-state index contributed by atoms with van der Waals surface area (Å²) in [4.78, 5) is 0. The van der Waals surface area contributed by atoms with Gasteiger partial charge in [0.1, 0.15) is 5.21 Å². The van der Waals surface area contributed by atoms with Crippen LogP contribution in [-0.2, 0) is 14.8 Å². The molecular formula is C6H14ClNO3S. The van der Waals surface area contributed by atoms with Crippen LogP contribution in [0.1, 0.15) is 6.92 Å². The summed E-state index contributed by atoms with van der Waals surface area (Å²) in [6, 6.07) is -0.182. The molecule has 0 aromatic rings. The Bertz CT molecular complexity index is 217. The van der Waals surface area contributed by atoms with Crippen molar-refractivity contribution < 1.29 is 13.2 Å². The molecule has 0 aromatic carbocycles. The van der Waals surface area contributed by atoms with Gasteiger partial charge < -0.3 is 4.74 Å². The molecule has 0 amide bonds. The zero-order valence-corrected chi connectivity index (χ0v) is 9.02. The molecule has 0 heterocycles. The van der Waals surface area contributed by atoms with E-state index in [0.29, 0.717) is 6.61 Å². The number of alkyl halides is 1. The van der Waals surface area contributed by atoms with Gasteiger partial charge in [-0.05, 0) is 6.92 Å². The van der Waals surface area contributed by atoms with Crippen LogP contribution >= 0.6 is 11.6 Å². The van der Waals surface area contributed by atoms with Crippen LogP contribution in [0.15, 0.2) is 0 Å². The van der Waals surface area contributed by atoms with Gasteiger partial charge in [-0.25, -0.2) is 8.42 Å². The van der Waals surface area contributed by atoms with Crippen LogP contribution in [0.4, 0.5) is 0 Å². The predicted octanol–water partition coefficient (Wildman–Crippen LogP) is 0.479. The van der Waals surface area contributed by atoms with Crippen molar-refractivity contribution in [2.24, 2.45) is 0 Å². The van der Waals surface area contributed by atoms with Gasteiger partial charge in [-0.15, -0.1) is 11.6 Å². The maximum absolute atomic E-state index is 11.2. The molecular weight excluding hydrogens is 202 g/mol. The molecule has 1 atom stereocenters. The van der Waals surface area contributed by atoms with Crippen LogP contribution in [0.5, 0.6) is 0 Å². The van der Waals surface area contributed by atoms with E-state index in [0.717, 1.165) is 0 Å². The molecule has 0 radical (unpaired) electrons. The number of nitrogens with zero attached hydrogens (tertiary/aromatic N) is 1. The molecule has 0 aliphatic heterocycles. The lowest BCUT2D eigenvalue weighted by Crippen LogP contribution is -2.38. The first kappa shape index (κ1) is 12.2. The Morgan fingerprint density at radius 1 is 1.58 bits per heavy atom. The zero-order chi connectivity index (χ0) is 9.78. The summed E-state index contributed by atoms with van der Waals surface area (Å²) >= 11 is 5.26. The second-order valence-corrected chi connectivity index (χ2v) is 5.15. The Morgan fingerprint density at radius 2 is 2.08 bits per heavy atom. The first-order valence-corrected chi connectivity index (χ1v) is 5.60. The average molecular weight is 216 g/mol. The van der Waals surface area contributed by atoms with Gasteiger partial charge in [-0.3, -0.25) is 0 Å². The van der Waals surface area contributed by atoms with E-state index in [1.54, 1.807) is 6.92 Å². The highest BCUT2D eigenvalue weighted by Crippen LogP contribution is 2.05. The molecule has 0 aliphatic carbocycles. The van der Waals surface area contributed by atoms with E-state index < -0.39 is 15.2 Å². The van der Waals surface area contributed by atoms with E-state index in [2.05, 4.69) is 0 Å². The van der Waals surface area contributed by atoms with Crippen molar-refractivity contribution in [1.82, 2.24) is 4.31 Å². The van der Waals surface area contributed by atoms with Crippen molar-refractivity contribution >= 4 is 21.6 Å². The van der Waals surface area contributed by atoms with Crippen LogP contribution < -0.4 is 0 Å². The first-order valence-electron chi connectivity index (χ1n) is 3.46. The predicted molar refractivity (Wildman–Crippen MR) is 48.7 cm³/mol. The Kier molecular flexibility index (Phi) is 5.08. The third-order valence-corrected chi connectivity index (χ3v) is 3.95. The average Bonchev–Trinajstić information content (AvgIpc) is 2.03. The third kappa shape index (κ3) is 3.26. The molecule has 0 bridgehead atoms. The summed E-state index contributed by atoms with van der Waals surface area (Å²) in [5, 5.41) is -0.391. The molecule has 12 heavy (non-hydrogen) atoms. The van der Waals surface area contributed by atoms with Crippen molar-refractivity contribution in [2.45, 2.75) is 13.0 Å². The summed E-state index contributed by atoms with van der Waals surface area (Å²) in [5.41, 5.74) is 0. The molecule has 74 valence electrons. The number of halogens is 1. The molecule has 0 spiro atoms. The molecule has 1 unspecified atom stereocenters. The zero-order valence-electron chi connectivity index (χ0n) is 7.45. The van der Waals surface area contributed by atoms with Gasteiger partial charge in [0.25, 0.3) is 0 Å². The van der Waals surface area contributed by atoms with Gasteiger partial charge in [-0.1, -0.05) is 0 Å². The van der Waals surface area contributed by atoms with E-state index in [4.69, 9.17) is 16.3 Å². The highest BCUT2D eigenvalue weighted by molar-refractivity contribution is 7.90. The number of hydrogen-bond donors (Lipinski definition) is 0.